The predicted octanol–water partition coefficient (Wildman–Crippen LogP) is 4.37. The minimum atomic E-state index is -0.558. The fourth-order valence-corrected chi connectivity index (χ4v) is 3.38. The van der Waals surface area contributed by atoms with E-state index in [1.807, 2.05) is 30.3 Å². The van der Waals surface area contributed by atoms with Crippen LogP contribution in [0.1, 0.15) is 30.0 Å². The zero-order valence-electron chi connectivity index (χ0n) is 17.8. The van der Waals surface area contributed by atoms with Crippen LogP contribution in [0.15, 0.2) is 51.7 Å². The third kappa shape index (κ3) is 5.88. The maximum atomic E-state index is 12.4. The summed E-state index contributed by atoms with van der Waals surface area (Å²) in [6.45, 7) is 3.55. The molecule has 0 aliphatic rings. The quantitative estimate of drug-likeness (QED) is 0.347. The van der Waals surface area contributed by atoms with Gasteiger partial charge in [-0.15, -0.1) is 0 Å². The van der Waals surface area contributed by atoms with Gasteiger partial charge >= 0.3 is 17.6 Å². The van der Waals surface area contributed by atoms with Crippen LogP contribution in [-0.2, 0) is 32.1 Å². The van der Waals surface area contributed by atoms with Gasteiger partial charge in [0, 0.05) is 23.4 Å². The Kier molecular flexibility index (Phi) is 7.89. The van der Waals surface area contributed by atoms with Crippen molar-refractivity contribution >= 4 is 34.5 Å². The molecule has 0 saturated heterocycles. The van der Waals surface area contributed by atoms with E-state index >= 15 is 0 Å². The molecule has 0 fully saturated rings. The van der Waals surface area contributed by atoms with Crippen molar-refractivity contribution in [2.75, 3.05) is 13.2 Å². The third-order valence-electron chi connectivity index (χ3n) is 4.81. The van der Waals surface area contributed by atoms with E-state index < -0.39 is 11.6 Å². The molecule has 2 aromatic carbocycles. The van der Waals surface area contributed by atoms with Crippen molar-refractivity contribution < 1.29 is 28.2 Å². The van der Waals surface area contributed by atoms with Crippen LogP contribution in [0.2, 0.25) is 5.02 Å². The van der Waals surface area contributed by atoms with Gasteiger partial charge in [-0.1, -0.05) is 41.9 Å². The van der Waals surface area contributed by atoms with E-state index in [-0.39, 0.29) is 55.0 Å². The highest BCUT2D eigenvalue weighted by molar-refractivity contribution is 6.32. The van der Waals surface area contributed by atoms with Crippen molar-refractivity contribution in [2.24, 2.45) is 0 Å². The van der Waals surface area contributed by atoms with E-state index in [2.05, 4.69) is 0 Å². The summed E-state index contributed by atoms with van der Waals surface area (Å²) in [4.78, 5) is 36.1. The zero-order valence-corrected chi connectivity index (χ0v) is 18.6. The maximum absolute atomic E-state index is 12.4. The Morgan fingerprint density at radius 2 is 1.81 bits per heavy atom. The zero-order chi connectivity index (χ0) is 23.1. The normalized spacial score (nSPS) is 10.7. The Bertz CT molecular complexity index is 1170. The first-order valence-corrected chi connectivity index (χ1v) is 10.5. The molecule has 0 saturated carbocycles. The molecule has 7 nitrogen and oxygen atoms in total. The molecule has 0 spiro atoms. The number of aryl methyl sites for hydroxylation is 1. The molecule has 8 heteroatoms. The van der Waals surface area contributed by atoms with Crippen LogP contribution in [-0.4, -0.2) is 25.2 Å². The highest BCUT2D eigenvalue weighted by Crippen LogP contribution is 2.32. The first kappa shape index (κ1) is 23.3. The molecule has 168 valence electrons. The van der Waals surface area contributed by atoms with Gasteiger partial charge < -0.3 is 18.6 Å². The van der Waals surface area contributed by atoms with Gasteiger partial charge in [-0.05, 0) is 37.5 Å². The van der Waals surface area contributed by atoms with Crippen molar-refractivity contribution in [3.63, 3.8) is 0 Å². The minimum Gasteiger partial charge on any atom is -0.480 e. The molecule has 32 heavy (non-hydrogen) atoms. The predicted molar refractivity (Wildman–Crippen MR) is 119 cm³/mol. The summed E-state index contributed by atoms with van der Waals surface area (Å²) in [5.41, 5.74) is 1.64. The van der Waals surface area contributed by atoms with Crippen LogP contribution in [0.25, 0.3) is 11.0 Å². The summed E-state index contributed by atoms with van der Waals surface area (Å²) in [7, 11) is 0. The first-order chi connectivity index (χ1) is 15.4. The standard InChI is InChI=1S/C24H23ClO7/c1-3-29-22(26)10-9-17-15(2)18-11-19(25)21(12-20(18)32-24(17)28)30-14-23(27)31-13-16-7-5-4-6-8-16/h4-8,11-12H,3,9-10,13-14H2,1-2H3. The minimum absolute atomic E-state index is 0.0744. The van der Waals surface area contributed by atoms with E-state index in [0.717, 1.165) is 5.56 Å². The van der Waals surface area contributed by atoms with Crippen molar-refractivity contribution in [2.45, 2.75) is 33.3 Å². The van der Waals surface area contributed by atoms with Crippen molar-refractivity contribution in [1.82, 2.24) is 0 Å². The second-order valence-corrected chi connectivity index (χ2v) is 7.42. The Labute approximate surface area is 189 Å². The number of benzene rings is 2. The van der Waals surface area contributed by atoms with Crippen molar-refractivity contribution in [3.8, 4) is 5.75 Å². The molecule has 0 N–H and O–H groups in total. The fraction of sp³-hybridized carbons (Fsp3) is 0.292. The summed E-state index contributed by atoms with van der Waals surface area (Å²) in [5.74, 6) is -0.748. The largest absolute Gasteiger partial charge is 0.480 e. The van der Waals surface area contributed by atoms with Crippen LogP contribution in [0, 0.1) is 6.92 Å². The highest BCUT2D eigenvalue weighted by Gasteiger charge is 2.16. The molecule has 1 heterocycles. The molecule has 0 aliphatic heterocycles. The van der Waals surface area contributed by atoms with Crippen LogP contribution >= 0.6 is 11.6 Å². The third-order valence-corrected chi connectivity index (χ3v) is 5.11. The molecular weight excluding hydrogens is 436 g/mol. The number of esters is 2. The lowest BCUT2D eigenvalue weighted by atomic mass is 10.0. The van der Waals surface area contributed by atoms with Gasteiger partial charge in [-0.3, -0.25) is 4.79 Å². The SMILES string of the molecule is CCOC(=O)CCc1c(C)c2cc(Cl)c(OCC(=O)OCc3ccccc3)cc2oc1=O. The Hall–Kier alpha value is -3.32. The van der Waals surface area contributed by atoms with Gasteiger partial charge in [0.1, 0.15) is 17.9 Å². The number of fused-ring (bicyclic) bond motifs is 1. The summed E-state index contributed by atoms with van der Waals surface area (Å²) in [6, 6.07) is 12.3. The van der Waals surface area contributed by atoms with Gasteiger partial charge in [-0.25, -0.2) is 9.59 Å². The number of hydrogen-bond acceptors (Lipinski definition) is 7. The lowest BCUT2D eigenvalue weighted by Gasteiger charge is -2.12. The summed E-state index contributed by atoms with van der Waals surface area (Å²) < 4.78 is 21.0. The highest BCUT2D eigenvalue weighted by atomic mass is 35.5. The van der Waals surface area contributed by atoms with Gasteiger partial charge in [0.25, 0.3) is 0 Å². The molecule has 0 bridgehead atoms. The van der Waals surface area contributed by atoms with Gasteiger partial charge in [0.2, 0.25) is 0 Å². The monoisotopic (exact) mass is 458 g/mol. The van der Waals surface area contributed by atoms with Crippen LogP contribution in [0.5, 0.6) is 5.75 Å². The average Bonchev–Trinajstić information content (AvgIpc) is 2.77. The lowest BCUT2D eigenvalue weighted by molar-refractivity contribution is -0.147. The average molecular weight is 459 g/mol. The molecular formula is C24H23ClO7. The summed E-state index contributed by atoms with van der Waals surface area (Å²) in [5, 5.41) is 0.870. The molecule has 3 rings (SSSR count). The van der Waals surface area contributed by atoms with E-state index in [1.165, 1.54) is 6.07 Å². The van der Waals surface area contributed by atoms with Crippen molar-refractivity contribution in [3.05, 3.63) is 74.6 Å². The van der Waals surface area contributed by atoms with E-state index in [4.69, 9.17) is 30.2 Å². The van der Waals surface area contributed by atoms with Crippen LogP contribution in [0.3, 0.4) is 0 Å². The number of halogens is 1. The molecule has 0 unspecified atom stereocenters. The van der Waals surface area contributed by atoms with Crippen LogP contribution in [0.4, 0.5) is 0 Å². The molecule has 3 aromatic rings. The Morgan fingerprint density at radius 1 is 1.06 bits per heavy atom. The Morgan fingerprint density at radius 3 is 2.53 bits per heavy atom. The summed E-state index contributed by atoms with van der Waals surface area (Å²) in [6.07, 6.45) is 0.275. The number of ether oxygens (including phenoxy) is 3. The van der Waals surface area contributed by atoms with Crippen LogP contribution < -0.4 is 10.4 Å². The summed E-state index contributed by atoms with van der Waals surface area (Å²) >= 11 is 6.32. The van der Waals surface area contributed by atoms with E-state index in [0.29, 0.717) is 16.5 Å². The fourth-order valence-electron chi connectivity index (χ4n) is 3.17. The lowest BCUT2D eigenvalue weighted by Crippen LogP contribution is -2.15. The number of hydrogen-bond donors (Lipinski definition) is 0. The number of carbonyl (C=O) groups is 2. The Balaban J connectivity index is 1.70. The first-order valence-electron chi connectivity index (χ1n) is 10.1. The molecule has 1 aromatic heterocycles. The molecule has 0 radical (unpaired) electrons. The molecule has 0 amide bonds. The topological polar surface area (TPSA) is 92.0 Å². The number of carbonyl (C=O) groups excluding carboxylic acids is 2. The smallest absolute Gasteiger partial charge is 0.344 e. The molecule has 0 aliphatic carbocycles. The molecule has 0 atom stereocenters. The van der Waals surface area contributed by atoms with Gasteiger partial charge in [-0.2, -0.15) is 0 Å². The second kappa shape index (κ2) is 10.8. The second-order valence-electron chi connectivity index (χ2n) is 7.01. The van der Waals surface area contributed by atoms with E-state index in [1.54, 1.807) is 19.9 Å². The van der Waals surface area contributed by atoms with Gasteiger partial charge in [0.15, 0.2) is 6.61 Å². The van der Waals surface area contributed by atoms with E-state index in [9.17, 15) is 14.4 Å². The van der Waals surface area contributed by atoms with Crippen molar-refractivity contribution in [1.29, 1.82) is 0 Å². The maximum Gasteiger partial charge on any atom is 0.344 e. The van der Waals surface area contributed by atoms with Gasteiger partial charge in [0.05, 0.1) is 11.6 Å². The number of rotatable bonds is 9.